The molecular weight excluding hydrogens is 448 g/mol. The Hall–Kier alpha value is -3.73. The average molecular weight is 474 g/mol. The van der Waals surface area contributed by atoms with Gasteiger partial charge in [0.15, 0.2) is 5.75 Å². The van der Waals surface area contributed by atoms with Crippen molar-refractivity contribution < 1.29 is 18.4 Å². The van der Waals surface area contributed by atoms with Crippen LogP contribution in [-0.4, -0.2) is 50.7 Å². The van der Waals surface area contributed by atoms with E-state index in [4.69, 9.17) is 20.5 Å². The van der Waals surface area contributed by atoms with Crippen molar-refractivity contribution in [1.82, 2.24) is 30.1 Å². The quantitative estimate of drug-likeness (QED) is 0.501. The van der Waals surface area contributed by atoms with E-state index in [2.05, 4.69) is 25.7 Å². The van der Waals surface area contributed by atoms with Crippen LogP contribution in [0.4, 0.5) is 11.4 Å². The standard InChI is InChI=1S/C21H23ClN8O3/c1-23-21(32)14-10-30(11-22)17(25-20(31)12-7-8-12)9-16(14)24-15-6-4-5-13(18(15)33-3)19-26-28-29(2)27-19/h4-6,9-10,12,24H,7-8,11H2,1-3H3,(H,23,32)/i1D3. The van der Waals surface area contributed by atoms with Crippen molar-refractivity contribution in [2.24, 2.45) is 18.0 Å². The van der Waals surface area contributed by atoms with Crippen LogP contribution in [0.2, 0.25) is 0 Å². The Morgan fingerprint density at radius 1 is 1.36 bits per heavy atom. The first kappa shape index (κ1) is 18.8. The maximum atomic E-state index is 12.9. The molecule has 2 aromatic heterocycles. The molecule has 2 heterocycles. The van der Waals surface area contributed by atoms with E-state index in [1.54, 1.807) is 25.2 Å². The lowest BCUT2D eigenvalue weighted by Gasteiger charge is -2.17. The highest BCUT2D eigenvalue weighted by molar-refractivity contribution is 6.15. The van der Waals surface area contributed by atoms with Gasteiger partial charge in [-0.05, 0) is 30.2 Å². The van der Waals surface area contributed by atoms with Crippen molar-refractivity contribution in [3.63, 3.8) is 0 Å². The topological polar surface area (TPSA) is 128 Å². The molecular formula is C21H23ClN8O3. The normalized spacial score (nSPS) is 15.4. The number of hydrogen-bond donors (Lipinski definition) is 2. The number of anilines is 2. The summed E-state index contributed by atoms with van der Waals surface area (Å²) < 4.78 is 29.3. The number of amides is 2. The Morgan fingerprint density at radius 2 is 2.18 bits per heavy atom. The Balaban J connectivity index is 1.84. The van der Waals surface area contributed by atoms with E-state index in [1.165, 1.54) is 28.7 Å². The third kappa shape index (κ3) is 4.72. The van der Waals surface area contributed by atoms with Crippen molar-refractivity contribution in [3.8, 4) is 17.1 Å². The van der Waals surface area contributed by atoms with Gasteiger partial charge in [0, 0.05) is 29.3 Å². The summed E-state index contributed by atoms with van der Waals surface area (Å²) in [6.45, 7) is -2.72. The summed E-state index contributed by atoms with van der Waals surface area (Å²) in [6.07, 6.45) is 2.89. The summed E-state index contributed by atoms with van der Waals surface area (Å²) in [5.74, 6) is -0.610. The fourth-order valence-corrected chi connectivity index (χ4v) is 3.42. The number of carbonyl (C=O) groups excluding carboxylic acids is 2. The van der Waals surface area contributed by atoms with E-state index in [1.807, 2.05) is 5.32 Å². The van der Waals surface area contributed by atoms with Gasteiger partial charge in [0.2, 0.25) is 5.82 Å². The van der Waals surface area contributed by atoms with E-state index in [9.17, 15) is 9.59 Å². The van der Waals surface area contributed by atoms with Crippen LogP contribution in [0.3, 0.4) is 0 Å². The minimum atomic E-state index is -2.72. The van der Waals surface area contributed by atoms with Gasteiger partial charge in [-0.3, -0.25) is 9.59 Å². The van der Waals surface area contributed by atoms with Crippen LogP contribution in [0.15, 0.2) is 35.5 Å². The van der Waals surface area contributed by atoms with Gasteiger partial charge in [0.1, 0.15) is 5.49 Å². The number of hydrogen-bond acceptors (Lipinski definition) is 7. The van der Waals surface area contributed by atoms with Crippen LogP contribution in [0.5, 0.6) is 5.75 Å². The predicted octanol–water partition coefficient (Wildman–Crippen LogP) is 1.82. The van der Waals surface area contributed by atoms with Gasteiger partial charge in [-0.15, -0.1) is 21.8 Å². The van der Waals surface area contributed by atoms with Crippen LogP contribution in [0, 0.1) is 5.92 Å². The first-order valence-corrected chi connectivity index (χ1v) is 10.5. The molecule has 3 aromatic rings. The molecule has 12 heteroatoms. The molecule has 0 aliphatic heterocycles. The second-order valence-electron chi connectivity index (χ2n) is 7.34. The summed E-state index contributed by atoms with van der Waals surface area (Å²) in [5.41, 5.74) is 1.32. The lowest BCUT2D eigenvalue weighted by molar-refractivity contribution is -0.119. The Labute approximate surface area is 198 Å². The van der Waals surface area contributed by atoms with Crippen molar-refractivity contribution in [2.45, 2.75) is 18.8 Å². The van der Waals surface area contributed by atoms with Gasteiger partial charge in [-0.1, -0.05) is 6.07 Å². The Kier molecular flexibility index (Phi) is 5.36. The molecule has 1 aromatic carbocycles. The van der Waals surface area contributed by atoms with E-state index in [0.29, 0.717) is 22.8 Å². The molecule has 0 radical (unpaired) electrons. The number of alkyl halides is 1. The largest absolute Gasteiger partial charge is 0.494 e. The number of halogens is 1. The van der Waals surface area contributed by atoms with Gasteiger partial charge >= 0.3 is 0 Å². The van der Waals surface area contributed by atoms with Gasteiger partial charge < -0.3 is 19.9 Å². The highest BCUT2D eigenvalue weighted by atomic mass is 35.5. The van der Waals surface area contributed by atoms with Gasteiger partial charge in [0.05, 0.1) is 42.7 Å². The monoisotopic (exact) mass is 473 g/mol. The van der Waals surface area contributed by atoms with Crippen LogP contribution in [0.1, 0.15) is 27.3 Å². The lowest BCUT2D eigenvalue weighted by Crippen LogP contribution is -2.27. The maximum absolute atomic E-state index is 12.9. The molecule has 1 aliphatic rings. The molecule has 0 spiro atoms. The first-order valence-electron chi connectivity index (χ1n) is 11.5. The summed E-state index contributed by atoms with van der Waals surface area (Å²) >= 11 is 6.06. The number of methoxy groups -OCH3 is 1. The smallest absolute Gasteiger partial charge is 0.254 e. The number of rotatable bonds is 7. The number of aryl methyl sites for hydroxylation is 1. The molecule has 0 saturated heterocycles. The van der Waals surface area contributed by atoms with Gasteiger partial charge in [-0.2, -0.15) is 9.79 Å². The lowest BCUT2D eigenvalue weighted by atomic mass is 10.1. The fourth-order valence-electron chi connectivity index (χ4n) is 3.23. The van der Waals surface area contributed by atoms with Crippen LogP contribution >= 0.6 is 11.6 Å². The summed E-state index contributed by atoms with van der Waals surface area (Å²) in [7, 11) is 3.09. The summed E-state index contributed by atoms with van der Waals surface area (Å²) in [6, 6.07) is 6.50. The van der Waals surface area contributed by atoms with E-state index in [-0.39, 0.29) is 34.6 Å². The Bertz CT molecular complexity index is 1380. The number of benzene rings is 1. The predicted molar refractivity (Wildman–Crippen MR) is 121 cm³/mol. The molecule has 2 amide bonds. The zero-order valence-corrected chi connectivity index (χ0v) is 18.6. The van der Waals surface area contributed by atoms with Crippen LogP contribution in [0.25, 0.3) is 11.4 Å². The number of nitrogens with one attached hydrogen (secondary N) is 2. The molecule has 33 heavy (non-hydrogen) atoms. The maximum Gasteiger partial charge on any atom is 0.254 e. The number of para-hydroxylation sites is 1. The molecule has 172 valence electrons. The third-order valence-electron chi connectivity index (χ3n) is 5.02. The van der Waals surface area contributed by atoms with Gasteiger partial charge in [-0.25, -0.2) is 0 Å². The zero-order valence-electron chi connectivity index (χ0n) is 20.9. The second-order valence-corrected chi connectivity index (χ2v) is 7.58. The van der Waals surface area contributed by atoms with Crippen molar-refractivity contribution >= 4 is 34.8 Å². The number of ether oxygens (including phenoxy) is 1. The number of aromatic nitrogens is 5. The minimum absolute atomic E-state index is 0.0327. The average Bonchev–Trinajstić information content (AvgIpc) is 3.58. The Morgan fingerprint density at radius 3 is 2.82 bits per heavy atom. The second kappa shape index (κ2) is 9.41. The van der Waals surface area contributed by atoms with E-state index < -0.39 is 12.9 Å². The summed E-state index contributed by atoms with van der Waals surface area (Å²) in [4.78, 5) is 30.8. The highest BCUT2D eigenvalue weighted by Gasteiger charge is 2.29. The SMILES string of the molecule is [2H]C([2H])([2H])NC(=O)c1cn(CCl)c(=NC(=O)C2CC2)cc1Nc1cccc(-c2nnn(C)n2)c1OC. The summed E-state index contributed by atoms with van der Waals surface area (Å²) in [5, 5.41) is 17.1. The van der Waals surface area contributed by atoms with Crippen molar-refractivity contribution in [2.75, 3.05) is 19.4 Å². The molecule has 0 atom stereocenters. The number of carbonyl (C=O) groups is 2. The third-order valence-corrected chi connectivity index (χ3v) is 5.28. The van der Waals surface area contributed by atoms with Crippen molar-refractivity contribution in [3.05, 3.63) is 41.5 Å². The van der Waals surface area contributed by atoms with Crippen LogP contribution in [-0.2, 0) is 17.8 Å². The van der Waals surface area contributed by atoms with Crippen LogP contribution < -0.4 is 20.9 Å². The van der Waals surface area contributed by atoms with E-state index >= 15 is 0 Å². The highest BCUT2D eigenvalue weighted by Crippen LogP contribution is 2.36. The number of pyridine rings is 1. The fraction of sp³-hybridized carbons (Fsp3) is 0.333. The minimum Gasteiger partial charge on any atom is -0.494 e. The first-order chi connectivity index (χ1) is 17.1. The molecule has 11 nitrogen and oxygen atoms in total. The van der Waals surface area contributed by atoms with E-state index in [0.717, 1.165) is 12.8 Å². The molecule has 0 unspecified atom stereocenters. The number of tetrazole rings is 1. The molecule has 4 rings (SSSR count). The molecule has 1 fully saturated rings. The molecule has 2 N–H and O–H groups in total. The number of nitrogens with zero attached hydrogens (tertiary/aromatic N) is 6. The molecule has 1 aliphatic carbocycles. The molecule has 1 saturated carbocycles. The zero-order chi connectivity index (χ0) is 26.0. The van der Waals surface area contributed by atoms with Crippen molar-refractivity contribution in [1.29, 1.82) is 0 Å². The molecule has 0 bridgehead atoms. The van der Waals surface area contributed by atoms with Gasteiger partial charge in [0.25, 0.3) is 11.8 Å².